The van der Waals surface area contributed by atoms with Crippen molar-refractivity contribution in [2.45, 2.75) is 6.54 Å². The maximum atomic E-state index is 14.7. The number of carbonyl (C=O) groups is 1. The quantitative estimate of drug-likeness (QED) is 0.472. The van der Waals surface area contributed by atoms with E-state index in [0.29, 0.717) is 42.3 Å². The second kappa shape index (κ2) is 9.34. The number of hydrogen-bond donors (Lipinski definition) is 1. The molecular weight excluding hydrogens is 473 g/mol. The topological polar surface area (TPSA) is 91.3 Å². The van der Waals surface area contributed by atoms with Crippen molar-refractivity contribution in [2.75, 3.05) is 31.1 Å². The number of benzene rings is 2. The highest BCUT2D eigenvalue weighted by atomic mass is 35.5. The molecule has 3 heterocycles. The summed E-state index contributed by atoms with van der Waals surface area (Å²) in [4.78, 5) is 48.2. The number of H-pyrrole nitrogens is 1. The molecule has 178 valence electrons. The van der Waals surface area contributed by atoms with Crippen LogP contribution in [-0.2, 0) is 6.54 Å². The van der Waals surface area contributed by atoms with Crippen LogP contribution in [-0.4, -0.2) is 51.5 Å². The first-order chi connectivity index (χ1) is 16.9. The zero-order chi connectivity index (χ0) is 24.5. The first-order valence-electron chi connectivity index (χ1n) is 11.1. The molecule has 0 unspecified atom stereocenters. The van der Waals surface area contributed by atoms with Gasteiger partial charge in [0.15, 0.2) is 0 Å². The molecule has 0 aliphatic carbocycles. The van der Waals surface area contributed by atoms with Gasteiger partial charge in [0.2, 0.25) is 0 Å². The van der Waals surface area contributed by atoms with E-state index < -0.39 is 23.0 Å². The molecule has 0 bridgehead atoms. The van der Waals surface area contributed by atoms with Crippen molar-refractivity contribution in [3.05, 3.63) is 104 Å². The number of pyridine rings is 1. The largest absolute Gasteiger partial charge is 0.353 e. The minimum absolute atomic E-state index is 0.0434. The van der Waals surface area contributed by atoms with E-state index in [0.717, 1.165) is 5.82 Å². The fourth-order valence-electron chi connectivity index (χ4n) is 4.29. The van der Waals surface area contributed by atoms with Crippen LogP contribution in [0.5, 0.6) is 0 Å². The predicted octanol–water partition coefficient (Wildman–Crippen LogP) is 2.89. The molecule has 8 nitrogen and oxygen atoms in total. The van der Waals surface area contributed by atoms with Gasteiger partial charge in [-0.1, -0.05) is 23.7 Å². The summed E-state index contributed by atoms with van der Waals surface area (Å²) in [5, 5.41) is 0.632. The van der Waals surface area contributed by atoms with Crippen LogP contribution < -0.4 is 16.1 Å². The SMILES string of the molecule is O=C(c1cc(Cn2c(=O)[nH]c(=O)c3cc(Cl)ccc32)ccc1F)N1CCN(c2ccccn2)CC1. The van der Waals surface area contributed by atoms with Gasteiger partial charge in [-0.2, -0.15) is 0 Å². The van der Waals surface area contributed by atoms with Gasteiger partial charge in [-0.05, 0) is 48.0 Å². The number of nitrogens with one attached hydrogen (secondary N) is 1. The average molecular weight is 494 g/mol. The van der Waals surface area contributed by atoms with Crippen LogP contribution in [0.4, 0.5) is 10.2 Å². The molecule has 0 atom stereocenters. The maximum absolute atomic E-state index is 14.7. The maximum Gasteiger partial charge on any atom is 0.329 e. The molecule has 0 spiro atoms. The van der Waals surface area contributed by atoms with E-state index in [4.69, 9.17) is 11.6 Å². The number of hydrogen-bond acceptors (Lipinski definition) is 5. The van der Waals surface area contributed by atoms with Gasteiger partial charge in [0.05, 0.1) is 23.0 Å². The van der Waals surface area contributed by atoms with E-state index in [-0.39, 0.29) is 17.5 Å². The summed E-state index contributed by atoms with van der Waals surface area (Å²) in [5.74, 6) is -0.195. The summed E-state index contributed by atoms with van der Waals surface area (Å²) in [6, 6.07) is 14.5. The van der Waals surface area contributed by atoms with Crippen LogP contribution in [0.1, 0.15) is 15.9 Å². The molecule has 1 amide bonds. The molecule has 1 fully saturated rings. The highest BCUT2D eigenvalue weighted by molar-refractivity contribution is 6.31. The van der Waals surface area contributed by atoms with Crippen molar-refractivity contribution in [2.24, 2.45) is 0 Å². The van der Waals surface area contributed by atoms with E-state index in [1.807, 2.05) is 18.2 Å². The second-order valence-electron chi connectivity index (χ2n) is 8.29. The molecule has 1 N–H and O–H groups in total. The summed E-state index contributed by atoms with van der Waals surface area (Å²) in [6.45, 7) is 2.09. The number of fused-ring (bicyclic) bond motifs is 1. The molecule has 2 aromatic heterocycles. The minimum atomic E-state index is -0.628. The molecule has 1 aliphatic rings. The minimum Gasteiger partial charge on any atom is -0.353 e. The Morgan fingerprint density at radius 3 is 2.57 bits per heavy atom. The Kier molecular flexibility index (Phi) is 6.08. The number of amides is 1. The van der Waals surface area contributed by atoms with Gasteiger partial charge in [0.1, 0.15) is 11.6 Å². The van der Waals surface area contributed by atoms with E-state index in [1.165, 1.54) is 28.8 Å². The second-order valence-corrected chi connectivity index (χ2v) is 8.72. The van der Waals surface area contributed by atoms with Gasteiger partial charge >= 0.3 is 5.69 Å². The highest BCUT2D eigenvalue weighted by Crippen LogP contribution is 2.19. The number of carbonyl (C=O) groups excluding carboxylic acids is 1. The summed E-state index contributed by atoms with van der Waals surface area (Å²) in [6.07, 6.45) is 1.72. The van der Waals surface area contributed by atoms with E-state index in [1.54, 1.807) is 23.2 Å². The number of piperazine rings is 1. The lowest BCUT2D eigenvalue weighted by atomic mass is 10.1. The summed E-state index contributed by atoms with van der Waals surface area (Å²) in [7, 11) is 0. The van der Waals surface area contributed by atoms with Crippen molar-refractivity contribution >= 4 is 34.2 Å². The highest BCUT2D eigenvalue weighted by Gasteiger charge is 2.25. The normalized spacial score (nSPS) is 13.9. The molecule has 35 heavy (non-hydrogen) atoms. The van der Waals surface area contributed by atoms with Crippen LogP contribution in [0, 0.1) is 5.82 Å². The average Bonchev–Trinajstić information content (AvgIpc) is 2.88. The van der Waals surface area contributed by atoms with Crippen LogP contribution in [0.3, 0.4) is 0 Å². The summed E-state index contributed by atoms with van der Waals surface area (Å²) < 4.78 is 16.0. The van der Waals surface area contributed by atoms with Crippen LogP contribution in [0.15, 0.2) is 70.4 Å². The third-order valence-electron chi connectivity index (χ3n) is 6.10. The van der Waals surface area contributed by atoms with Crippen molar-refractivity contribution in [3.63, 3.8) is 0 Å². The van der Waals surface area contributed by atoms with E-state index >= 15 is 0 Å². The zero-order valence-corrected chi connectivity index (χ0v) is 19.3. The molecule has 1 saturated heterocycles. The van der Waals surface area contributed by atoms with Crippen LogP contribution in [0.2, 0.25) is 5.02 Å². The zero-order valence-electron chi connectivity index (χ0n) is 18.6. The molecule has 1 aliphatic heterocycles. The molecule has 2 aromatic carbocycles. The number of nitrogens with zero attached hydrogens (tertiary/aromatic N) is 4. The van der Waals surface area contributed by atoms with Gasteiger partial charge in [-0.3, -0.25) is 19.1 Å². The van der Waals surface area contributed by atoms with Gasteiger partial charge in [-0.25, -0.2) is 14.2 Å². The van der Waals surface area contributed by atoms with Crippen LogP contribution in [0.25, 0.3) is 10.9 Å². The van der Waals surface area contributed by atoms with E-state index in [9.17, 15) is 18.8 Å². The number of rotatable bonds is 4. The third-order valence-corrected chi connectivity index (χ3v) is 6.34. The van der Waals surface area contributed by atoms with Crippen molar-refractivity contribution in [1.82, 2.24) is 19.4 Å². The lowest BCUT2D eigenvalue weighted by molar-refractivity contribution is 0.0741. The van der Waals surface area contributed by atoms with Gasteiger partial charge in [0, 0.05) is 37.4 Å². The lowest BCUT2D eigenvalue weighted by Crippen LogP contribution is -2.49. The van der Waals surface area contributed by atoms with Gasteiger partial charge < -0.3 is 9.80 Å². The predicted molar refractivity (Wildman–Crippen MR) is 132 cm³/mol. The Morgan fingerprint density at radius 2 is 1.83 bits per heavy atom. The molecular formula is C25H21ClFN5O3. The Labute approximate surface area is 204 Å². The Bertz CT molecular complexity index is 1530. The monoisotopic (exact) mass is 493 g/mol. The van der Waals surface area contributed by atoms with Crippen molar-refractivity contribution in [3.8, 4) is 0 Å². The number of halogens is 2. The molecule has 10 heteroatoms. The summed E-state index contributed by atoms with van der Waals surface area (Å²) in [5.41, 5.74) is -0.256. The first-order valence-corrected chi connectivity index (χ1v) is 11.4. The number of aromatic amines is 1. The Hall–Kier alpha value is -3.98. The van der Waals surface area contributed by atoms with Gasteiger partial charge in [-0.15, -0.1) is 0 Å². The number of aromatic nitrogens is 3. The molecule has 5 rings (SSSR count). The lowest BCUT2D eigenvalue weighted by Gasteiger charge is -2.35. The standard InChI is InChI=1S/C25H21ClFN5O3/c26-17-5-7-21-19(14-17)23(33)29-25(35)32(21)15-16-4-6-20(27)18(13-16)24(34)31-11-9-30(10-12-31)22-3-1-2-8-28-22/h1-8,13-14H,9-12,15H2,(H,29,33,35). The fraction of sp³-hybridized carbons (Fsp3) is 0.200. The van der Waals surface area contributed by atoms with Crippen LogP contribution >= 0.6 is 11.6 Å². The Morgan fingerprint density at radius 1 is 1.03 bits per heavy atom. The first kappa shape index (κ1) is 22.8. The summed E-state index contributed by atoms with van der Waals surface area (Å²) >= 11 is 6.00. The molecule has 4 aromatic rings. The van der Waals surface area contributed by atoms with E-state index in [2.05, 4.69) is 14.9 Å². The van der Waals surface area contributed by atoms with Crippen molar-refractivity contribution < 1.29 is 9.18 Å². The molecule has 0 saturated carbocycles. The van der Waals surface area contributed by atoms with Gasteiger partial charge in [0.25, 0.3) is 11.5 Å². The molecule has 0 radical (unpaired) electrons. The third kappa shape index (κ3) is 4.54. The Balaban J connectivity index is 1.39. The number of anilines is 1. The smallest absolute Gasteiger partial charge is 0.329 e. The van der Waals surface area contributed by atoms with Crippen molar-refractivity contribution in [1.29, 1.82) is 0 Å². The fourth-order valence-corrected chi connectivity index (χ4v) is 4.46.